The van der Waals surface area contributed by atoms with Crippen LogP contribution in [0, 0.1) is 0 Å². The van der Waals surface area contributed by atoms with E-state index in [1.54, 1.807) is 17.1 Å². The number of nitrogens with one attached hydrogen (secondary N) is 1. The van der Waals surface area contributed by atoms with Crippen molar-refractivity contribution >= 4 is 5.91 Å². The molecule has 0 radical (unpaired) electrons. The van der Waals surface area contributed by atoms with Crippen LogP contribution in [0.1, 0.15) is 36.8 Å². The predicted octanol–water partition coefficient (Wildman–Crippen LogP) is 1.40. The van der Waals surface area contributed by atoms with Crippen LogP contribution < -0.4 is 5.32 Å². The van der Waals surface area contributed by atoms with E-state index in [0.29, 0.717) is 25.8 Å². The Morgan fingerprint density at radius 1 is 1.39 bits per heavy atom. The van der Waals surface area contributed by atoms with E-state index in [1.165, 1.54) is 5.56 Å². The molecule has 1 amide bonds. The highest BCUT2D eigenvalue weighted by Gasteiger charge is 2.34. The van der Waals surface area contributed by atoms with Crippen molar-refractivity contribution in [1.29, 1.82) is 0 Å². The monoisotopic (exact) mass is 314 g/mol. The Morgan fingerprint density at radius 3 is 3.09 bits per heavy atom. The van der Waals surface area contributed by atoms with Gasteiger partial charge in [-0.25, -0.2) is 0 Å². The molecule has 1 heterocycles. The van der Waals surface area contributed by atoms with Gasteiger partial charge < -0.3 is 10.4 Å². The van der Waals surface area contributed by atoms with E-state index in [1.807, 2.05) is 18.2 Å². The number of benzene rings is 1. The highest BCUT2D eigenvalue weighted by molar-refractivity contribution is 5.75. The van der Waals surface area contributed by atoms with Crippen molar-refractivity contribution in [3.8, 4) is 0 Å². The van der Waals surface area contributed by atoms with Crippen LogP contribution in [-0.2, 0) is 23.4 Å². The van der Waals surface area contributed by atoms with Gasteiger partial charge >= 0.3 is 0 Å². The van der Waals surface area contributed by atoms with Gasteiger partial charge in [-0.2, -0.15) is 0 Å². The van der Waals surface area contributed by atoms with E-state index >= 15 is 0 Å². The van der Waals surface area contributed by atoms with E-state index in [0.717, 1.165) is 18.4 Å². The molecular weight excluding hydrogens is 292 g/mol. The van der Waals surface area contributed by atoms with Crippen molar-refractivity contribution < 1.29 is 9.90 Å². The van der Waals surface area contributed by atoms with E-state index < -0.39 is 5.60 Å². The first-order valence-corrected chi connectivity index (χ1v) is 8.09. The molecule has 0 spiro atoms. The summed E-state index contributed by atoms with van der Waals surface area (Å²) in [7, 11) is 0. The number of aromatic nitrogens is 3. The number of hydrogen-bond acceptors (Lipinski definition) is 4. The zero-order valence-corrected chi connectivity index (χ0v) is 13.1. The van der Waals surface area contributed by atoms with Crippen molar-refractivity contribution in [2.24, 2.45) is 0 Å². The number of aliphatic hydroxyl groups is 1. The van der Waals surface area contributed by atoms with Gasteiger partial charge in [0.25, 0.3) is 0 Å². The first-order valence-electron chi connectivity index (χ1n) is 8.09. The topological polar surface area (TPSA) is 80.0 Å². The summed E-state index contributed by atoms with van der Waals surface area (Å²) in [5, 5.41) is 21.4. The fourth-order valence-electron chi connectivity index (χ4n) is 3.17. The fourth-order valence-corrected chi connectivity index (χ4v) is 3.17. The molecule has 0 saturated carbocycles. The quantitative estimate of drug-likeness (QED) is 0.844. The minimum atomic E-state index is -0.948. The molecule has 2 N–H and O–H groups in total. The first-order chi connectivity index (χ1) is 11.2. The number of fused-ring (bicyclic) bond motifs is 1. The molecule has 0 aliphatic heterocycles. The Hall–Kier alpha value is -2.21. The SMILES string of the molecule is O=C(CCCn1ccnn1)NCC1(O)CCCc2ccccc21. The lowest BCUT2D eigenvalue weighted by atomic mass is 9.79. The lowest BCUT2D eigenvalue weighted by Gasteiger charge is -2.34. The molecule has 1 aromatic heterocycles. The van der Waals surface area contributed by atoms with Crippen molar-refractivity contribution in [3.63, 3.8) is 0 Å². The van der Waals surface area contributed by atoms with E-state index in [4.69, 9.17) is 0 Å². The molecule has 1 aromatic carbocycles. The number of nitrogens with zero attached hydrogens (tertiary/aromatic N) is 3. The van der Waals surface area contributed by atoms with Crippen molar-refractivity contribution in [2.45, 2.75) is 44.2 Å². The van der Waals surface area contributed by atoms with Gasteiger partial charge in [0.15, 0.2) is 0 Å². The summed E-state index contributed by atoms with van der Waals surface area (Å²) < 4.78 is 1.71. The van der Waals surface area contributed by atoms with Crippen molar-refractivity contribution in [3.05, 3.63) is 47.8 Å². The molecule has 1 unspecified atom stereocenters. The smallest absolute Gasteiger partial charge is 0.220 e. The Bertz CT molecular complexity index is 656. The van der Waals surface area contributed by atoms with Crippen LogP contribution in [-0.4, -0.2) is 32.6 Å². The average Bonchev–Trinajstić information content (AvgIpc) is 3.07. The highest BCUT2D eigenvalue weighted by atomic mass is 16.3. The normalized spacial score (nSPS) is 20.0. The summed E-state index contributed by atoms with van der Waals surface area (Å²) in [5.74, 6) is -0.0402. The Balaban J connectivity index is 1.50. The van der Waals surface area contributed by atoms with Crippen LogP contribution in [0.5, 0.6) is 0 Å². The second-order valence-corrected chi connectivity index (χ2v) is 6.09. The van der Waals surface area contributed by atoms with Crippen molar-refractivity contribution in [1.82, 2.24) is 20.3 Å². The van der Waals surface area contributed by atoms with Crippen molar-refractivity contribution in [2.75, 3.05) is 6.54 Å². The number of aryl methyl sites for hydroxylation is 2. The number of rotatable bonds is 6. The summed E-state index contributed by atoms with van der Waals surface area (Å²) in [6, 6.07) is 7.95. The van der Waals surface area contributed by atoms with Gasteiger partial charge in [0.2, 0.25) is 5.91 Å². The summed E-state index contributed by atoms with van der Waals surface area (Å²) in [5.41, 5.74) is 1.19. The molecule has 0 fully saturated rings. The molecule has 6 nitrogen and oxygen atoms in total. The standard InChI is InChI=1S/C17H22N4O2/c22-16(8-4-11-21-12-10-19-20-21)18-13-17(23)9-3-6-14-5-1-2-7-15(14)17/h1-2,5,7,10,12,23H,3-4,6,8-9,11,13H2,(H,18,22). The maximum atomic E-state index is 12.0. The van der Waals surface area contributed by atoms with Crippen LogP contribution in [0.15, 0.2) is 36.7 Å². The maximum absolute atomic E-state index is 12.0. The molecule has 6 heteroatoms. The van der Waals surface area contributed by atoms with Crippen LogP contribution in [0.2, 0.25) is 0 Å². The summed E-state index contributed by atoms with van der Waals surface area (Å²) in [6.07, 6.45) is 7.13. The molecular formula is C17H22N4O2. The molecule has 2 aromatic rings. The van der Waals surface area contributed by atoms with Gasteiger partial charge in [-0.05, 0) is 36.8 Å². The largest absolute Gasteiger partial charge is 0.383 e. The van der Waals surface area contributed by atoms with Gasteiger partial charge in [-0.3, -0.25) is 9.48 Å². The Kier molecular flexibility index (Phi) is 4.71. The first kappa shape index (κ1) is 15.7. The van der Waals surface area contributed by atoms with Gasteiger partial charge in [0.1, 0.15) is 5.60 Å². The second-order valence-electron chi connectivity index (χ2n) is 6.09. The number of hydrogen-bond donors (Lipinski definition) is 2. The Morgan fingerprint density at radius 2 is 2.26 bits per heavy atom. The molecule has 1 aliphatic carbocycles. The summed E-state index contributed by atoms with van der Waals surface area (Å²) in [4.78, 5) is 12.0. The van der Waals surface area contributed by atoms with Gasteiger partial charge in [0.05, 0.1) is 12.7 Å². The summed E-state index contributed by atoms with van der Waals surface area (Å²) >= 11 is 0. The third-order valence-corrected chi connectivity index (χ3v) is 4.40. The van der Waals surface area contributed by atoms with E-state index in [2.05, 4.69) is 21.7 Å². The molecule has 1 atom stereocenters. The molecule has 1 aliphatic rings. The molecule has 122 valence electrons. The highest BCUT2D eigenvalue weighted by Crippen LogP contribution is 2.34. The third kappa shape index (κ3) is 3.76. The summed E-state index contributed by atoms with van der Waals surface area (Å²) in [6.45, 7) is 0.937. The van der Waals surface area contributed by atoms with Gasteiger partial charge in [0, 0.05) is 19.2 Å². The minimum absolute atomic E-state index is 0.0402. The minimum Gasteiger partial charge on any atom is -0.383 e. The van der Waals surface area contributed by atoms with Crippen LogP contribution in [0.3, 0.4) is 0 Å². The lowest BCUT2D eigenvalue weighted by Crippen LogP contribution is -2.43. The fraction of sp³-hybridized carbons (Fsp3) is 0.471. The third-order valence-electron chi connectivity index (χ3n) is 4.40. The molecule has 3 rings (SSSR count). The van der Waals surface area contributed by atoms with E-state index in [9.17, 15) is 9.90 Å². The van der Waals surface area contributed by atoms with E-state index in [-0.39, 0.29) is 12.5 Å². The predicted molar refractivity (Wildman–Crippen MR) is 85.5 cm³/mol. The molecule has 0 saturated heterocycles. The Labute approximate surface area is 135 Å². The number of carbonyl (C=O) groups excluding carboxylic acids is 1. The lowest BCUT2D eigenvalue weighted by molar-refractivity contribution is -0.122. The molecule has 23 heavy (non-hydrogen) atoms. The van der Waals surface area contributed by atoms with Crippen LogP contribution in [0.4, 0.5) is 0 Å². The zero-order valence-electron chi connectivity index (χ0n) is 13.1. The average molecular weight is 314 g/mol. The second kappa shape index (κ2) is 6.91. The van der Waals surface area contributed by atoms with Crippen LogP contribution in [0.25, 0.3) is 0 Å². The number of amides is 1. The van der Waals surface area contributed by atoms with Gasteiger partial charge in [-0.15, -0.1) is 5.10 Å². The zero-order chi connectivity index (χ0) is 16.1. The maximum Gasteiger partial charge on any atom is 0.220 e. The van der Waals surface area contributed by atoms with Gasteiger partial charge in [-0.1, -0.05) is 29.5 Å². The number of carbonyl (C=O) groups is 1. The van der Waals surface area contributed by atoms with Crippen LogP contribution >= 0.6 is 0 Å². The molecule has 0 bridgehead atoms.